The van der Waals surface area contributed by atoms with Crippen LogP contribution in [0.5, 0.6) is 5.75 Å². The Labute approximate surface area is 196 Å². The van der Waals surface area contributed by atoms with E-state index in [1.165, 1.54) is 50.4 Å². The Kier molecular flexibility index (Phi) is 12.0. The molecule has 1 aromatic heterocycles. The maximum Gasteiger partial charge on any atom is 0.345 e. The monoisotopic (exact) mass is 461 g/mol. The van der Waals surface area contributed by atoms with Crippen molar-refractivity contribution in [2.75, 3.05) is 13.2 Å². The molecule has 0 spiro atoms. The van der Waals surface area contributed by atoms with Gasteiger partial charge >= 0.3 is 5.97 Å². The minimum absolute atomic E-state index is 0.0499. The number of benzene rings is 1. The Hall–Kier alpha value is -2.34. The number of carbonyl (C=O) groups is 1. The van der Waals surface area contributed by atoms with E-state index in [-0.39, 0.29) is 12.5 Å². The van der Waals surface area contributed by atoms with Crippen molar-refractivity contribution in [3.05, 3.63) is 59.4 Å². The fraction of sp³-hybridized carbons (Fsp3) is 0.556. The zero-order valence-corrected chi connectivity index (χ0v) is 20.1. The lowest BCUT2D eigenvalue weighted by Crippen LogP contribution is -2.18. The third-order valence-corrected chi connectivity index (χ3v) is 5.42. The maximum atomic E-state index is 13.4. The first-order chi connectivity index (χ1) is 15.9. The summed E-state index contributed by atoms with van der Waals surface area (Å²) in [7, 11) is 0. The number of esters is 1. The lowest BCUT2D eigenvalue weighted by molar-refractivity contribution is 0.0344. The smallest absolute Gasteiger partial charge is 0.345 e. The first-order valence-corrected chi connectivity index (χ1v) is 12.0. The van der Waals surface area contributed by atoms with Crippen LogP contribution in [-0.4, -0.2) is 30.6 Å². The molecular weight excluding hydrogens is 424 g/mol. The fourth-order valence-electron chi connectivity index (χ4n) is 3.47. The molecule has 0 unspecified atom stereocenters. The van der Waals surface area contributed by atoms with E-state index in [0.717, 1.165) is 18.5 Å². The Morgan fingerprint density at radius 2 is 1.64 bits per heavy atom. The minimum atomic E-state index is -2.54. The van der Waals surface area contributed by atoms with Crippen LogP contribution >= 0.6 is 0 Å². The third kappa shape index (κ3) is 9.99. The molecule has 182 valence electrons. The average molecular weight is 462 g/mol. The molecule has 2 rings (SSSR count). The normalized spacial score (nSPS) is 12.3. The second-order valence-electron chi connectivity index (χ2n) is 8.89. The molecule has 6 heteroatoms. The first kappa shape index (κ1) is 26.9. The minimum Gasteiger partial charge on any atom is -0.423 e. The summed E-state index contributed by atoms with van der Waals surface area (Å²) in [4.78, 5) is 16.8. The molecule has 0 amide bonds. The Bertz CT molecular complexity index is 807. The fourth-order valence-corrected chi connectivity index (χ4v) is 3.47. The highest BCUT2D eigenvalue weighted by Crippen LogP contribution is 2.26. The van der Waals surface area contributed by atoms with Gasteiger partial charge in [0.05, 0.1) is 18.1 Å². The molecule has 1 atom stereocenters. The van der Waals surface area contributed by atoms with Gasteiger partial charge in [0.25, 0.3) is 0 Å². The van der Waals surface area contributed by atoms with E-state index in [2.05, 4.69) is 11.9 Å². The quantitative estimate of drug-likeness (QED) is 0.160. The van der Waals surface area contributed by atoms with Crippen molar-refractivity contribution in [1.82, 2.24) is 4.98 Å². The zero-order chi connectivity index (χ0) is 24.1. The number of hydrogen-bond donors (Lipinski definition) is 0. The number of halogens is 2. The summed E-state index contributed by atoms with van der Waals surface area (Å²) in [5, 5.41) is 0. The number of unbranched alkanes of at least 4 members (excludes halogenated alkanes) is 5. The van der Waals surface area contributed by atoms with Crippen molar-refractivity contribution >= 4 is 5.97 Å². The second-order valence-corrected chi connectivity index (χ2v) is 8.89. The molecule has 1 heterocycles. The van der Waals surface area contributed by atoms with Crippen molar-refractivity contribution in [1.29, 1.82) is 0 Å². The molecule has 0 bridgehead atoms. The summed E-state index contributed by atoms with van der Waals surface area (Å²) in [6.07, 6.45) is 7.24. The number of ether oxygens (including phenoxy) is 2. The highest BCUT2D eigenvalue weighted by Gasteiger charge is 2.23. The van der Waals surface area contributed by atoms with Crippen molar-refractivity contribution < 1.29 is 23.0 Å². The van der Waals surface area contributed by atoms with Gasteiger partial charge in [-0.15, -0.1) is 0 Å². The van der Waals surface area contributed by atoms with Gasteiger partial charge < -0.3 is 9.47 Å². The predicted octanol–water partition coefficient (Wildman–Crippen LogP) is 7.23. The van der Waals surface area contributed by atoms with E-state index in [9.17, 15) is 13.6 Å². The van der Waals surface area contributed by atoms with Gasteiger partial charge in [0.15, 0.2) is 0 Å². The van der Waals surface area contributed by atoms with E-state index in [4.69, 9.17) is 9.47 Å². The molecule has 0 saturated heterocycles. The van der Waals surface area contributed by atoms with Crippen LogP contribution in [0.4, 0.5) is 8.78 Å². The van der Waals surface area contributed by atoms with Crippen LogP contribution in [0.3, 0.4) is 0 Å². The average Bonchev–Trinajstić information content (AvgIpc) is 2.80. The van der Waals surface area contributed by atoms with Crippen molar-refractivity contribution in [2.45, 2.75) is 78.1 Å². The van der Waals surface area contributed by atoms with Crippen LogP contribution < -0.4 is 4.74 Å². The summed E-state index contributed by atoms with van der Waals surface area (Å²) in [6.45, 7) is 6.54. The molecule has 0 N–H and O–H groups in total. The van der Waals surface area contributed by atoms with Gasteiger partial charge in [-0.1, -0.05) is 65.0 Å². The van der Waals surface area contributed by atoms with Gasteiger partial charge in [-0.3, -0.25) is 4.98 Å². The topological polar surface area (TPSA) is 48.4 Å². The number of aryl methyl sites for hydroxylation is 1. The number of rotatable bonds is 15. The molecule has 0 aliphatic heterocycles. The van der Waals surface area contributed by atoms with Gasteiger partial charge in [-0.2, -0.15) is 0 Å². The van der Waals surface area contributed by atoms with E-state index in [1.807, 2.05) is 19.9 Å². The molecule has 0 fully saturated rings. The summed E-state index contributed by atoms with van der Waals surface area (Å²) < 4.78 is 37.7. The Balaban J connectivity index is 1.85. The van der Waals surface area contributed by atoms with Crippen molar-refractivity contribution in [3.8, 4) is 5.75 Å². The van der Waals surface area contributed by atoms with Gasteiger partial charge in [-0.05, 0) is 48.6 Å². The molecule has 0 aliphatic carbocycles. The lowest BCUT2D eigenvalue weighted by atomic mass is 10.0. The molecule has 0 saturated carbocycles. The highest BCUT2D eigenvalue weighted by atomic mass is 19.3. The van der Waals surface area contributed by atoms with Crippen molar-refractivity contribution in [3.63, 3.8) is 0 Å². The second kappa shape index (κ2) is 14.7. The van der Waals surface area contributed by atoms with Gasteiger partial charge in [0.1, 0.15) is 5.75 Å². The number of aromatic nitrogens is 1. The number of pyridine rings is 1. The summed E-state index contributed by atoms with van der Waals surface area (Å²) in [5.74, 6) is -0.954. The van der Waals surface area contributed by atoms with Crippen LogP contribution in [0.2, 0.25) is 0 Å². The molecule has 33 heavy (non-hydrogen) atoms. The molecule has 2 aromatic rings. The summed E-state index contributed by atoms with van der Waals surface area (Å²) in [5.41, 5.74) is 1.77. The summed E-state index contributed by atoms with van der Waals surface area (Å²) in [6, 6.07) is 9.75. The highest BCUT2D eigenvalue weighted by molar-refractivity contribution is 5.90. The van der Waals surface area contributed by atoms with Crippen LogP contribution in [0.25, 0.3) is 0 Å². The SMILES string of the molecule is CCCCCCCCc1ccc(C(=O)Oc2ccc([C@@H](COCC(C)C)C(F)F)cc2)cn1. The van der Waals surface area contributed by atoms with E-state index >= 15 is 0 Å². The number of hydrogen-bond acceptors (Lipinski definition) is 4. The van der Waals surface area contributed by atoms with E-state index in [1.54, 1.807) is 18.2 Å². The van der Waals surface area contributed by atoms with Gasteiger partial charge in [-0.25, -0.2) is 13.6 Å². The molecule has 0 aliphatic rings. The third-order valence-electron chi connectivity index (χ3n) is 5.42. The van der Waals surface area contributed by atoms with Crippen molar-refractivity contribution in [2.24, 2.45) is 5.92 Å². The predicted molar refractivity (Wildman–Crippen MR) is 127 cm³/mol. The molecule has 0 radical (unpaired) electrons. The Morgan fingerprint density at radius 1 is 0.939 bits per heavy atom. The number of carbonyl (C=O) groups excluding carboxylic acids is 1. The zero-order valence-electron chi connectivity index (χ0n) is 20.1. The molecular formula is C27H37F2NO3. The van der Waals surface area contributed by atoms with E-state index in [0.29, 0.717) is 23.5 Å². The van der Waals surface area contributed by atoms with Crippen LogP contribution in [0.1, 0.15) is 86.8 Å². The standard InChI is InChI=1S/C27H37F2NO3/c1-4-5-6-7-8-9-10-23-14-11-22(17-30-23)27(31)33-24-15-12-21(13-16-24)25(26(28)29)19-32-18-20(2)3/h11-17,20,25-26H,4-10,18-19H2,1-3H3/t25-/m1/s1. The summed E-state index contributed by atoms with van der Waals surface area (Å²) >= 11 is 0. The molecule has 4 nitrogen and oxygen atoms in total. The Morgan fingerprint density at radius 3 is 2.24 bits per heavy atom. The van der Waals surface area contributed by atoms with E-state index < -0.39 is 18.3 Å². The molecule has 1 aromatic carbocycles. The van der Waals surface area contributed by atoms with Crippen LogP contribution in [-0.2, 0) is 11.2 Å². The van der Waals surface area contributed by atoms with Gasteiger partial charge in [0.2, 0.25) is 6.43 Å². The van der Waals surface area contributed by atoms with Crippen LogP contribution in [0, 0.1) is 5.92 Å². The van der Waals surface area contributed by atoms with Crippen LogP contribution in [0.15, 0.2) is 42.6 Å². The largest absolute Gasteiger partial charge is 0.423 e. The first-order valence-electron chi connectivity index (χ1n) is 12.0. The number of alkyl halides is 2. The lowest BCUT2D eigenvalue weighted by Gasteiger charge is -2.18. The number of nitrogens with zero attached hydrogens (tertiary/aromatic N) is 1. The van der Waals surface area contributed by atoms with Gasteiger partial charge in [0, 0.05) is 18.5 Å². The maximum absolute atomic E-state index is 13.4.